The van der Waals surface area contributed by atoms with E-state index in [1.165, 1.54) is 12.1 Å². The van der Waals surface area contributed by atoms with Crippen molar-refractivity contribution < 1.29 is 19.7 Å². The van der Waals surface area contributed by atoms with Gasteiger partial charge in [0, 0.05) is 5.56 Å². The number of hydrogen-bond acceptors (Lipinski definition) is 4. The molecule has 1 aromatic carbocycles. The average Bonchev–Trinajstić information content (AvgIpc) is 2.27. The van der Waals surface area contributed by atoms with Crippen LogP contribution in [0.5, 0.6) is 5.75 Å². The first-order valence-corrected chi connectivity index (χ1v) is 4.72. The standard InChI is InChI=1S/C10H11ClO4/c11-9-3-7(4-12)1-2-10(9)15-8(5-13)6-14/h1-4,8,13-14H,5-6H2. The molecular formula is C10H11ClO4. The molecule has 0 atom stereocenters. The van der Waals surface area contributed by atoms with Crippen molar-refractivity contribution >= 4 is 17.9 Å². The van der Waals surface area contributed by atoms with Crippen molar-refractivity contribution in [1.29, 1.82) is 0 Å². The number of aliphatic hydroxyl groups excluding tert-OH is 2. The van der Waals surface area contributed by atoms with Gasteiger partial charge in [-0.2, -0.15) is 0 Å². The first-order valence-electron chi connectivity index (χ1n) is 4.34. The van der Waals surface area contributed by atoms with Crippen LogP contribution in [0.15, 0.2) is 18.2 Å². The van der Waals surface area contributed by atoms with Crippen LogP contribution < -0.4 is 4.74 Å². The topological polar surface area (TPSA) is 66.8 Å². The van der Waals surface area contributed by atoms with Gasteiger partial charge in [0.05, 0.1) is 18.2 Å². The highest BCUT2D eigenvalue weighted by Gasteiger charge is 2.10. The number of rotatable bonds is 5. The Balaban J connectivity index is 2.81. The van der Waals surface area contributed by atoms with E-state index >= 15 is 0 Å². The lowest BCUT2D eigenvalue weighted by Gasteiger charge is -2.15. The molecule has 1 rings (SSSR count). The van der Waals surface area contributed by atoms with Crippen molar-refractivity contribution in [2.45, 2.75) is 6.10 Å². The van der Waals surface area contributed by atoms with E-state index in [-0.39, 0.29) is 18.2 Å². The van der Waals surface area contributed by atoms with Crippen molar-refractivity contribution in [2.24, 2.45) is 0 Å². The highest BCUT2D eigenvalue weighted by molar-refractivity contribution is 6.32. The lowest BCUT2D eigenvalue weighted by molar-refractivity contribution is 0.0630. The normalized spacial score (nSPS) is 10.4. The fraction of sp³-hybridized carbons (Fsp3) is 0.300. The second-order valence-corrected chi connectivity index (χ2v) is 3.32. The summed E-state index contributed by atoms with van der Waals surface area (Å²) in [4.78, 5) is 10.4. The lowest BCUT2D eigenvalue weighted by atomic mass is 10.2. The highest BCUT2D eigenvalue weighted by atomic mass is 35.5. The van der Waals surface area contributed by atoms with Gasteiger partial charge in [-0.25, -0.2) is 0 Å². The smallest absolute Gasteiger partial charge is 0.150 e. The molecule has 1 aromatic rings. The number of benzene rings is 1. The van der Waals surface area contributed by atoms with E-state index in [9.17, 15) is 4.79 Å². The van der Waals surface area contributed by atoms with E-state index in [2.05, 4.69) is 0 Å². The largest absolute Gasteiger partial charge is 0.484 e. The molecular weight excluding hydrogens is 220 g/mol. The number of ether oxygens (including phenoxy) is 1. The summed E-state index contributed by atoms with van der Waals surface area (Å²) in [5, 5.41) is 17.9. The van der Waals surface area contributed by atoms with Crippen LogP contribution >= 0.6 is 11.6 Å². The molecule has 82 valence electrons. The maximum absolute atomic E-state index is 10.4. The minimum atomic E-state index is -0.704. The third kappa shape index (κ3) is 3.20. The van der Waals surface area contributed by atoms with Crippen LogP contribution in [0.4, 0.5) is 0 Å². The first kappa shape index (κ1) is 12.0. The van der Waals surface area contributed by atoms with Gasteiger partial charge in [0.2, 0.25) is 0 Å². The van der Waals surface area contributed by atoms with Gasteiger partial charge in [-0.3, -0.25) is 4.79 Å². The summed E-state index contributed by atoms with van der Waals surface area (Å²) in [5.41, 5.74) is 0.442. The van der Waals surface area contributed by atoms with Crippen LogP contribution in [0.3, 0.4) is 0 Å². The van der Waals surface area contributed by atoms with E-state index in [1.807, 2.05) is 0 Å². The molecule has 0 amide bonds. The molecule has 0 fully saturated rings. The van der Waals surface area contributed by atoms with Crippen LogP contribution in [0.2, 0.25) is 5.02 Å². The molecule has 0 heterocycles. The van der Waals surface area contributed by atoms with Gasteiger partial charge in [-0.1, -0.05) is 11.6 Å². The zero-order valence-corrected chi connectivity index (χ0v) is 8.65. The number of aldehydes is 1. The molecule has 0 aliphatic heterocycles. The first-order chi connectivity index (χ1) is 7.21. The molecule has 15 heavy (non-hydrogen) atoms. The summed E-state index contributed by atoms with van der Waals surface area (Å²) in [7, 11) is 0. The molecule has 0 saturated heterocycles. The van der Waals surface area contributed by atoms with Crippen LogP contribution in [0, 0.1) is 0 Å². The maximum Gasteiger partial charge on any atom is 0.150 e. The van der Waals surface area contributed by atoms with Gasteiger partial charge in [0.15, 0.2) is 0 Å². The summed E-state index contributed by atoms with van der Waals surface area (Å²) in [6, 6.07) is 4.51. The molecule has 4 nitrogen and oxygen atoms in total. The van der Waals surface area contributed by atoms with Crippen LogP contribution in [-0.2, 0) is 0 Å². The van der Waals surface area contributed by atoms with Gasteiger partial charge in [0.1, 0.15) is 18.1 Å². The number of carbonyl (C=O) groups excluding carboxylic acids is 1. The Bertz CT molecular complexity index is 336. The average molecular weight is 231 g/mol. The Morgan fingerprint density at radius 3 is 2.53 bits per heavy atom. The second kappa shape index (κ2) is 5.70. The van der Waals surface area contributed by atoms with E-state index in [4.69, 9.17) is 26.6 Å². The molecule has 0 spiro atoms. The Morgan fingerprint density at radius 1 is 1.40 bits per heavy atom. The van der Waals surface area contributed by atoms with Gasteiger partial charge < -0.3 is 14.9 Å². The third-order valence-corrected chi connectivity index (χ3v) is 2.09. The van der Waals surface area contributed by atoms with Crippen molar-refractivity contribution in [2.75, 3.05) is 13.2 Å². The van der Waals surface area contributed by atoms with Crippen molar-refractivity contribution in [3.63, 3.8) is 0 Å². The van der Waals surface area contributed by atoms with Gasteiger partial charge >= 0.3 is 0 Å². The zero-order chi connectivity index (χ0) is 11.3. The van der Waals surface area contributed by atoms with E-state index in [0.29, 0.717) is 17.6 Å². The minimum absolute atomic E-state index is 0.270. The SMILES string of the molecule is O=Cc1ccc(OC(CO)CO)c(Cl)c1. The summed E-state index contributed by atoms with van der Waals surface area (Å²) in [5.74, 6) is 0.329. The van der Waals surface area contributed by atoms with Crippen LogP contribution in [0.25, 0.3) is 0 Å². The van der Waals surface area contributed by atoms with E-state index in [1.54, 1.807) is 6.07 Å². The van der Waals surface area contributed by atoms with Gasteiger partial charge in [0.25, 0.3) is 0 Å². The summed E-state index contributed by atoms with van der Waals surface area (Å²) < 4.78 is 5.20. The lowest BCUT2D eigenvalue weighted by Crippen LogP contribution is -2.25. The predicted octanol–water partition coefficient (Wildman–Crippen LogP) is 0.884. The van der Waals surface area contributed by atoms with Crippen molar-refractivity contribution in [3.05, 3.63) is 28.8 Å². The zero-order valence-electron chi connectivity index (χ0n) is 7.89. The van der Waals surface area contributed by atoms with Crippen molar-refractivity contribution in [3.8, 4) is 5.75 Å². The molecule has 0 saturated carbocycles. The molecule has 0 bridgehead atoms. The Hall–Kier alpha value is -1.10. The quantitative estimate of drug-likeness (QED) is 0.737. The number of aliphatic hydroxyl groups is 2. The van der Waals surface area contributed by atoms with Gasteiger partial charge in [-0.05, 0) is 18.2 Å². The molecule has 0 unspecified atom stereocenters. The second-order valence-electron chi connectivity index (χ2n) is 2.91. The molecule has 0 aliphatic carbocycles. The summed E-state index contributed by atoms with van der Waals surface area (Å²) in [6.07, 6.45) is -0.0322. The van der Waals surface area contributed by atoms with Crippen molar-refractivity contribution in [1.82, 2.24) is 0 Å². The Morgan fingerprint density at radius 2 is 2.07 bits per heavy atom. The fourth-order valence-corrected chi connectivity index (χ4v) is 1.23. The van der Waals surface area contributed by atoms with Crippen LogP contribution in [0.1, 0.15) is 10.4 Å². The molecule has 0 radical (unpaired) electrons. The van der Waals surface area contributed by atoms with E-state index < -0.39 is 6.10 Å². The minimum Gasteiger partial charge on any atom is -0.484 e. The number of carbonyl (C=O) groups is 1. The third-order valence-electron chi connectivity index (χ3n) is 1.79. The molecule has 0 aromatic heterocycles. The predicted molar refractivity (Wildman–Crippen MR) is 55.4 cm³/mol. The number of halogens is 1. The number of hydrogen-bond donors (Lipinski definition) is 2. The van der Waals surface area contributed by atoms with Gasteiger partial charge in [-0.15, -0.1) is 0 Å². The molecule has 5 heteroatoms. The summed E-state index contributed by atoms with van der Waals surface area (Å²) >= 11 is 5.82. The monoisotopic (exact) mass is 230 g/mol. The molecule has 0 aliphatic rings. The molecule has 2 N–H and O–H groups in total. The maximum atomic E-state index is 10.4. The Labute approximate surface area is 92.1 Å². The van der Waals surface area contributed by atoms with E-state index in [0.717, 1.165) is 0 Å². The highest BCUT2D eigenvalue weighted by Crippen LogP contribution is 2.25. The Kier molecular flexibility index (Phi) is 4.55. The summed E-state index contributed by atoms with van der Waals surface area (Å²) in [6.45, 7) is -0.607. The fourth-order valence-electron chi connectivity index (χ4n) is 0.998. The van der Waals surface area contributed by atoms with Crippen LogP contribution in [-0.4, -0.2) is 35.8 Å².